The van der Waals surface area contributed by atoms with Crippen LogP contribution in [0.4, 0.5) is 0 Å². The molecule has 0 saturated heterocycles. The van der Waals surface area contributed by atoms with E-state index in [9.17, 15) is 5.11 Å². The molecule has 0 amide bonds. The summed E-state index contributed by atoms with van der Waals surface area (Å²) in [4.78, 5) is 3.93. The summed E-state index contributed by atoms with van der Waals surface area (Å²) in [5, 5.41) is 18.1. The van der Waals surface area contributed by atoms with E-state index in [0.29, 0.717) is 12.3 Å². The highest BCUT2D eigenvalue weighted by molar-refractivity contribution is 7.99. The molecule has 0 bridgehead atoms. The van der Waals surface area contributed by atoms with Crippen LogP contribution in [0.25, 0.3) is 0 Å². The number of aliphatic hydroxyl groups excluding tert-OH is 2. The lowest BCUT2D eigenvalue weighted by atomic mass is 10.2. The number of aliphatic hydroxyl groups is 2. The molecular weight excluding hydrogens is 212 g/mol. The van der Waals surface area contributed by atoms with Crippen molar-refractivity contribution in [2.45, 2.75) is 11.4 Å². The van der Waals surface area contributed by atoms with Gasteiger partial charge in [-0.2, -0.15) is 0 Å². The van der Waals surface area contributed by atoms with Crippen LogP contribution in [0.15, 0.2) is 24.5 Å². The molecule has 4 N–H and O–H groups in total. The molecule has 0 fully saturated rings. The molecule has 1 heterocycles. The summed E-state index contributed by atoms with van der Waals surface area (Å²) in [6, 6.07) is 3.83. The predicted octanol–water partition coefficient (Wildman–Crippen LogP) is 0.168. The largest absolute Gasteiger partial charge is 0.394 e. The zero-order valence-corrected chi connectivity index (χ0v) is 9.23. The van der Waals surface area contributed by atoms with Crippen LogP contribution in [0.5, 0.6) is 0 Å². The molecule has 0 saturated carbocycles. The van der Waals surface area contributed by atoms with E-state index >= 15 is 0 Å². The van der Waals surface area contributed by atoms with Crippen molar-refractivity contribution in [3.8, 4) is 0 Å². The number of hydrogen-bond acceptors (Lipinski definition) is 5. The van der Waals surface area contributed by atoms with Gasteiger partial charge in [-0.3, -0.25) is 4.98 Å². The Bertz CT molecular complexity index is 271. The lowest BCUT2D eigenvalue weighted by molar-refractivity contribution is 0.113. The smallest absolute Gasteiger partial charge is 0.0861 e. The lowest BCUT2D eigenvalue weighted by Gasteiger charge is -2.16. The Kier molecular flexibility index (Phi) is 5.63. The third-order valence-electron chi connectivity index (χ3n) is 1.99. The number of thioether (sulfide) groups is 1. The molecule has 15 heavy (non-hydrogen) atoms. The number of hydrogen-bond donors (Lipinski definition) is 3. The number of nitrogens with two attached hydrogens (primary N) is 1. The zero-order valence-electron chi connectivity index (χ0n) is 8.41. The third-order valence-corrected chi connectivity index (χ3v) is 3.44. The van der Waals surface area contributed by atoms with Crippen LogP contribution in [0.3, 0.4) is 0 Å². The second-order valence-corrected chi connectivity index (χ2v) is 4.41. The van der Waals surface area contributed by atoms with Gasteiger partial charge in [-0.25, -0.2) is 0 Å². The van der Waals surface area contributed by atoms with Gasteiger partial charge in [0.25, 0.3) is 0 Å². The van der Waals surface area contributed by atoms with E-state index in [1.54, 1.807) is 24.2 Å². The second kappa shape index (κ2) is 6.79. The van der Waals surface area contributed by atoms with Gasteiger partial charge in [0.05, 0.1) is 12.7 Å². The maximum Gasteiger partial charge on any atom is 0.0861 e. The molecule has 2 unspecified atom stereocenters. The van der Waals surface area contributed by atoms with Gasteiger partial charge in [0.1, 0.15) is 0 Å². The van der Waals surface area contributed by atoms with Gasteiger partial charge in [0, 0.05) is 29.9 Å². The Hall–Kier alpha value is -0.620. The van der Waals surface area contributed by atoms with Crippen LogP contribution in [-0.2, 0) is 0 Å². The molecule has 1 rings (SSSR count). The maximum absolute atomic E-state index is 9.23. The normalized spacial score (nSPS) is 14.9. The average Bonchev–Trinajstić information content (AvgIpc) is 2.31. The standard InChI is InChI=1S/C10H16N2O2S/c11-5-10(15-7-9(14)6-13)8-1-3-12-4-2-8/h1-4,9-10,13-14H,5-7,11H2. The van der Waals surface area contributed by atoms with Crippen molar-refractivity contribution in [2.75, 3.05) is 18.9 Å². The highest BCUT2D eigenvalue weighted by Gasteiger charge is 2.12. The van der Waals surface area contributed by atoms with Crippen LogP contribution < -0.4 is 5.73 Å². The van der Waals surface area contributed by atoms with Gasteiger partial charge in [0.2, 0.25) is 0 Å². The fourth-order valence-corrected chi connectivity index (χ4v) is 2.20. The number of nitrogens with zero attached hydrogens (tertiary/aromatic N) is 1. The van der Waals surface area contributed by atoms with Gasteiger partial charge in [-0.1, -0.05) is 0 Å². The molecule has 5 heteroatoms. The molecule has 1 aromatic rings. The summed E-state index contributed by atoms with van der Waals surface area (Å²) in [6.45, 7) is 0.299. The Morgan fingerprint density at radius 2 is 2.07 bits per heavy atom. The van der Waals surface area contributed by atoms with Crippen molar-refractivity contribution in [3.05, 3.63) is 30.1 Å². The first-order valence-corrected chi connectivity index (χ1v) is 5.83. The Morgan fingerprint density at radius 3 is 2.60 bits per heavy atom. The van der Waals surface area contributed by atoms with E-state index in [0.717, 1.165) is 5.56 Å². The zero-order chi connectivity index (χ0) is 11.1. The molecule has 0 aliphatic heterocycles. The highest BCUT2D eigenvalue weighted by Crippen LogP contribution is 2.27. The summed E-state index contributed by atoms with van der Waals surface area (Å²) in [5.74, 6) is 0.487. The molecule has 84 valence electrons. The summed E-state index contributed by atoms with van der Waals surface area (Å²) in [6.07, 6.45) is 2.77. The molecular formula is C10H16N2O2S. The lowest BCUT2D eigenvalue weighted by Crippen LogP contribution is -2.18. The van der Waals surface area contributed by atoms with E-state index in [1.165, 1.54) is 0 Å². The second-order valence-electron chi connectivity index (χ2n) is 3.17. The monoisotopic (exact) mass is 228 g/mol. The van der Waals surface area contributed by atoms with E-state index in [2.05, 4.69) is 4.98 Å². The van der Waals surface area contributed by atoms with Crippen LogP contribution in [0, 0.1) is 0 Å². The maximum atomic E-state index is 9.23. The first-order valence-electron chi connectivity index (χ1n) is 4.78. The minimum absolute atomic E-state index is 0.147. The average molecular weight is 228 g/mol. The van der Waals surface area contributed by atoms with Gasteiger partial charge < -0.3 is 15.9 Å². The van der Waals surface area contributed by atoms with Crippen molar-refractivity contribution >= 4 is 11.8 Å². The van der Waals surface area contributed by atoms with E-state index in [4.69, 9.17) is 10.8 Å². The minimum Gasteiger partial charge on any atom is -0.394 e. The van der Waals surface area contributed by atoms with E-state index < -0.39 is 6.10 Å². The van der Waals surface area contributed by atoms with Crippen LogP contribution in [-0.4, -0.2) is 40.2 Å². The van der Waals surface area contributed by atoms with Crippen LogP contribution in [0.1, 0.15) is 10.8 Å². The fourth-order valence-electron chi connectivity index (χ4n) is 1.16. The predicted molar refractivity (Wildman–Crippen MR) is 61.6 cm³/mol. The topological polar surface area (TPSA) is 79.4 Å². The van der Waals surface area contributed by atoms with Crippen LogP contribution in [0.2, 0.25) is 0 Å². The summed E-state index contributed by atoms with van der Waals surface area (Å²) >= 11 is 1.54. The molecule has 4 nitrogen and oxygen atoms in total. The highest BCUT2D eigenvalue weighted by atomic mass is 32.2. The van der Waals surface area contributed by atoms with Gasteiger partial charge in [-0.05, 0) is 17.7 Å². The van der Waals surface area contributed by atoms with Crippen molar-refractivity contribution < 1.29 is 10.2 Å². The number of aromatic nitrogens is 1. The Morgan fingerprint density at radius 1 is 1.40 bits per heavy atom. The van der Waals surface area contributed by atoms with Crippen molar-refractivity contribution in [2.24, 2.45) is 5.73 Å². The van der Waals surface area contributed by atoms with E-state index in [-0.39, 0.29) is 11.9 Å². The van der Waals surface area contributed by atoms with Crippen molar-refractivity contribution in [3.63, 3.8) is 0 Å². The molecule has 0 aliphatic carbocycles. The Balaban J connectivity index is 2.50. The Labute approximate surface area is 93.5 Å². The third kappa shape index (κ3) is 4.17. The summed E-state index contributed by atoms with van der Waals surface area (Å²) in [7, 11) is 0. The molecule has 0 aromatic carbocycles. The molecule has 1 aromatic heterocycles. The summed E-state index contributed by atoms with van der Waals surface area (Å²) < 4.78 is 0. The van der Waals surface area contributed by atoms with Crippen molar-refractivity contribution in [1.29, 1.82) is 0 Å². The van der Waals surface area contributed by atoms with Gasteiger partial charge >= 0.3 is 0 Å². The van der Waals surface area contributed by atoms with Gasteiger partial charge in [0.15, 0.2) is 0 Å². The van der Waals surface area contributed by atoms with Crippen molar-refractivity contribution in [1.82, 2.24) is 4.98 Å². The summed E-state index contributed by atoms with van der Waals surface area (Å²) in [5.41, 5.74) is 6.75. The fraction of sp³-hybridized carbons (Fsp3) is 0.500. The molecule has 0 spiro atoms. The SMILES string of the molecule is NCC(SCC(O)CO)c1ccncc1. The molecule has 2 atom stereocenters. The van der Waals surface area contributed by atoms with Crippen LogP contribution >= 0.6 is 11.8 Å². The quantitative estimate of drug-likeness (QED) is 0.646. The minimum atomic E-state index is -0.675. The molecule has 0 radical (unpaired) electrons. The number of pyridine rings is 1. The first kappa shape index (κ1) is 12.4. The van der Waals surface area contributed by atoms with E-state index in [1.807, 2.05) is 12.1 Å². The van der Waals surface area contributed by atoms with Gasteiger partial charge in [-0.15, -0.1) is 11.8 Å². The number of rotatable bonds is 6. The first-order chi connectivity index (χ1) is 7.27. The molecule has 0 aliphatic rings.